The molecule has 0 fully saturated rings. The molecule has 1 aromatic rings. The Morgan fingerprint density at radius 3 is 2.58 bits per heavy atom. The fraction of sp³-hybridized carbons (Fsp3) is 0.714. The summed E-state index contributed by atoms with van der Waals surface area (Å²) in [5.74, 6) is 1.95. The first-order valence-corrected chi connectivity index (χ1v) is 6.97. The fourth-order valence-corrected chi connectivity index (χ4v) is 1.64. The first-order chi connectivity index (χ1) is 9.02. The van der Waals surface area contributed by atoms with Crippen molar-refractivity contribution in [3.63, 3.8) is 0 Å². The van der Waals surface area contributed by atoms with Gasteiger partial charge in [-0.25, -0.2) is 0 Å². The lowest BCUT2D eigenvalue weighted by Gasteiger charge is -2.22. The molecule has 0 aliphatic rings. The Morgan fingerprint density at radius 1 is 1.32 bits per heavy atom. The summed E-state index contributed by atoms with van der Waals surface area (Å²) in [6, 6.07) is 2.36. The van der Waals surface area contributed by atoms with Crippen molar-refractivity contribution < 1.29 is 0 Å². The average molecular weight is 265 g/mol. The molecule has 0 aliphatic carbocycles. The van der Waals surface area contributed by atoms with Gasteiger partial charge in [0.2, 0.25) is 0 Å². The first kappa shape index (κ1) is 15.5. The van der Waals surface area contributed by atoms with Crippen LogP contribution in [0, 0.1) is 11.8 Å². The van der Waals surface area contributed by atoms with Gasteiger partial charge in [-0.3, -0.25) is 9.67 Å². The highest BCUT2D eigenvalue weighted by Gasteiger charge is 2.10. The molecular formula is C14H27N5. The van der Waals surface area contributed by atoms with Crippen LogP contribution >= 0.6 is 0 Å². The second kappa shape index (κ2) is 7.81. The van der Waals surface area contributed by atoms with Crippen LogP contribution in [0.25, 0.3) is 0 Å². The fourth-order valence-electron chi connectivity index (χ4n) is 1.64. The molecule has 0 spiro atoms. The smallest absolute Gasteiger partial charge is 0.191 e. The number of guanidine groups is 1. The summed E-state index contributed by atoms with van der Waals surface area (Å²) in [5.41, 5.74) is 0. The largest absolute Gasteiger partial charge is 0.356 e. The number of aliphatic imine (C=N–C) groups is 1. The predicted molar refractivity (Wildman–Crippen MR) is 80.2 cm³/mol. The van der Waals surface area contributed by atoms with Crippen molar-refractivity contribution in [1.82, 2.24) is 20.4 Å². The minimum atomic E-state index is 0.410. The van der Waals surface area contributed by atoms with Crippen LogP contribution in [0.1, 0.15) is 27.7 Å². The Balaban J connectivity index is 2.33. The SMILES string of the molecule is CN=C(NCC(C)Cn1cccn1)NC(C)C(C)C. The van der Waals surface area contributed by atoms with E-state index in [2.05, 4.69) is 48.4 Å². The molecule has 0 saturated heterocycles. The molecule has 5 heteroatoms. The Morgan fingerprint density at radius 2 is 2.05 bits per heavy atom. The van der Waals surface area contributed by atoms with Gasteiger partial charge in [-0.1, -0.05) is 20.8 Å². The van der Waals surface area contributed by atoms with E-state index < -0.39 is 0 Å². The average Bonchev–Trinajstić information content (AvgIpc) is 2.86. The Labute approximate surface area is 116 Å². The van der Waals surface area contributed by atoms with Crippen LogP contribution in [0.15, 0.2) is 23.5 Å². The van der Waals surface area contributed by atoms with E-state index in [9.17, 15) is 0 Å². The number of nitrogens with zero attached hydrogens (tertiary/aromatic N) is 3. The number of nitrogens with one attached hydrogen (secondary N) is 2. The van der Waals surface area contributed by atoms with Crippen LogP contribution in [0.2, 0.25) is 0 Å². The highest BCUT2D eigenvalue weighted by Crippen LogP contribution is 2.00. The maximum atomic E-state index is 4.25. The van der Waals surface area contributed by atoms with Crippen molar-refractivity contribution in [3.05, 3.63) is 18.5 Å². The zero-order valence-electron chi connectivity index (χ0n) is 12.7. The third-order valence-electron chi connectivity index (χ3n) is 3.26. The van der Waals surface area contributed by atoms with E-state index in [0.29, 0.717) is 17.9 Å². The van der Waals surface area contributed by atoms with E-state index in [4.69, 9.17) is 0 Å². The maximum Gasteiger partial charge on any atom is 0.191 e. The second-order valence-electron chi connectivity index (χ2n) is 5.46. The molecule has 0 radical (unpaired) electrons. The van der Waals surface area contributed by atoms with Crippen LogP contribution in [-0.2, 0) is 6.54 Å². The molecule has 5 nitrogen and oxygen atoms in total. The van der Waals surface area contributed by atoms with Gasteiger partial charge in [-0.2, -0.15) is 5.10 Å². The molecule has 2 unspecified atom stereocenters. The highest BCUT2D eigenvalue weighted by molar-refractivity contribution is 5.79. The van der Waals surface area contributed by atoms with Crippen molar-refractivity contribution in [2.45, 2.75) is 40.3 Å². The van der Waals surface area contributed by atoms with Crippen molar-refractivity contribution in [1.29, 1.82) is 0 Å². The normalized spacial score (nSPS) is 15.4. The molecule has 0 aliphatic heterocycles. The highest BCUT2D eigenvalue weighted by atomic mass is 15.3. The van der Waals surface area contributed by atoms with Gasteiger partial charge in [0.1, 0.15) is 0 Å². The van der Waals surface area contributed by atoms with Crippen LogP contribution < -0.4 is 10.6 Å². The molecule has 0 saturated carbocycles. The predicted octanol–water partition coefficient (Wildman–Crippen LogP) is 1.73. The molecule has 1 heterocycles. The zero-order chi connectivity index (χ0) is 14.3. The molecule has 108 valence electrons. The van der Waals surface area contributed by atoms with Crippen molar-refractivity contribution in [2.24, 2.45) is 16.8 Å². The summed E-state index contributed by atoms with van der Waals surface area (Å²) in [6.45, 7) is 10.6. The Kier molecular flexibility index (Phi) is 6.39. The minimum absolute atomic E-state index is 0.410. The van der Waals surface area contributed by atoms with Gasteiger partial charge in [0.15, 0.2) is 5.96 Å². The van der Waals surface area contributed by atoms with Crippen LogP contribution in [0.4, 0.5) is 0 Å². The molecule has 0 amide bonds. The van der Waals surface area contributed by atoms with Crippen LogP contribution in [-0.4, -0.2) is 35.4 Å². The van der Waals surface area contributed by atoms with Gasteiger partial charge in [-0.05, 0) is 24.8 Å². The summed E-state index contributed by atoms with van der Waals surface area (Å²) in [7, 11) is 1.81. The molecule has 0 bridgehead atoms. The minimum Gasteiger partial charge on any atom is -0.356 e. The van der Waals surface area contributed by atoms with Gasteiger partial charge in [-0.15, -0.1) is 0 Å². The van der Waals surface area contributed by atoms with Gasteiger partial charge in [0.25, 0.3) is 0 Å². The lowest BCUT2D eigenvalue weighted by atomic mass is 10.1. The van der Waals surface area contributed by atoms with E-state index >= 15 is 0 Å². The molecule has 1 aromatic heterocycles. The summed E-state index contributed by atoms with van der Waals surface area (Å²) >= 11 is 0. The van der Waals surface area contributed by atoms with E-state index in [1.54, 1.807) is 7.05 Å². The van der Waals surface area contributed by atoms with Gasteiger partial charge in [0, 0.05) is 38.6 Å². The van der Waals surface area contributed by atoms with Gasteiger partial charge >= 0.3 is 0 Å². The van der Waals surface area contributed by atoms with Crippen LogP contribution in [0.5, 0.6) is 0 Å². The summed E-state index contributed by atoms with van der Waals surface area (Å²) in [5, 5.41) is 11.0. The van der Waals surface area contributed by atoms with Crippen molar-refractivity contribution in [2.75, 3.05) is 13.6 Å². The first-order valence-electron chi connectivity index (χ1n) is 6.97. The monoisotopic (exact) mass is 265 g/mol. The summed E-state index contributed by atoms with van der Waals surface area (Å²) < 4.78 is 1.96. The van der Waals surface area contributed by atoms with Crippen molar-refractivity contribution >= 4 is 5.96 Å². The Hall–Kier alpha value is -1.52. The summed E-state index contributed by atoms with van der Waals surface area (Å²) in [6.07, 6.45) is 3.80. The second-order valence-corrected chi connectivity index (χ2v) is 5.46. The third kappa shape index (κ3) is 5.77. The third-order valence-corrected chi connectivity index (χ3v) is 3.26. The maximum absolute atomic E-state index is 4.25. The van der Waals surface area contributed by atoms with Gasteiger partial charge < -0.3 is 10.6 Å². The standard InChI is InChI=1S/C14H27N5/c1-11(2)13(4)18-14(15-5)16-9-12(3)10-19-8-6-7-17-19/h6-8,11-13H,9-10H2,1-5H3,(H2,15,16,18). The van der Waals surface area contributed by atoms with Crippen molar-refractivity contribution in [3.8, 4) is 0 Å². The van der Waals surface area contributed by atoms with Gasteiger partial charge in [0.05, 0.1) is 0 Å². The lowest BCUT2D eigenvalue weighted by molar-refractivity contribution is 0.436. The number of aromatic nitrogens is 2. The Bertz CT molecular complexity index is 369. The molecule has 1 rings (SSSR count). The molecule has 2 N–H and O–H groups in total. The lowest BCUT2D eigenvalue weighted by Crippen LogP contribution is -2.45. The van der Waals surface area contributed by atoms with Crippen LogP contribution in [0.3, 0.4) is 0 Å². The number of hydrogen-bond acceptors (Lipinski definition) is 2. The van der Waals surface area contributed by atoms with E-state index in [-0.39, 0.29) is 0 Å². The van der Waals surface area contributed by atoms with E-state index in [0.717, 1.165) is 19.0 Å². The summed E-state index contributed by atoms with van der Waals surface area (Å²) in [4.78, 5) is 4.25. The number of rotatable bonds is 6. The van der Waals surface area contributed by atoms with E-state index in [1.807, 2.05) is 23.1 Å². The quantitative estimate of drug-likeness (QED) is 0.608. The molecule has 2 atom stereocenters. The zero-order valence-corrected chi connectivity index (χ0v) is 12.7. The molecule has 0 aromatic carbocycles. The number of hydrogen-bond donors (Lipinski definition) is 2. The molecular weight excluding hydrogens is 238 g/mol. The van der Waals surface area contributed by atoms with E-state index in [1.165, 1.54) is 0 Å². The topological polar surface area (TPSA) is 54.2 Å². The molecule has 19 heavy (non-hydrogen) atoms.